The highest BCUT2D eigenvalue weighted by atomic mass is 79.9. The molecule has 8 nitrogen and oxygen atoms in total. The Morgan fingerprint density at radius 1 is 1.15 bits per heavy atom. The molecule has 0 aliphatic heterocycles. The fourth-order valence-electron chi connectivity index (χ4n) is 3.96. The van der Waals surface area contributed by atoms with E-state index in [1.165, 1.54) is 16.9 Å². The molecular weight excluding hydrogens is 647 g/mol. The number of rotatable bonds is 7. The quantitative estimate of drug-likeness (QED) is 0.190. The molecule has 0 saturated carbocycles. The summed E-state index contributed by atoms with van der Waals surface area (Å²) in [5.41, 5.74) is 5.80. The maximum Gasteiger partial charge on any atom is 0.433 e. The van der Waals surface area contributed by atoms with Crippen LogP contribution in [0, 0.1) is 6.92 Å². The van der Waals surface area contributed by atoms with Gasteiger partial charge >= 0.3 is 6.18 Å². The minimum Gasteiger partial charge on any atom is -0.470 e. The molecule has 0 spiro atoms. The molecule has 3 N–H and O–H groups in total. The van der Waals surface area contributed by atoms with Crippen LogP contribution in [0.2, 0.25) is 5.02 Å². The van der Waals surface area contributed by atoms with E-state index in [0.717, 1.165) is 16.1 Å². The van der Waals surface area contributed by atoms with Gasteiger partial charge in [-0.1, -0.05) is 57.4 Å². The van der Waals surface area contributed by atoms with Crippen molar-refractivity contribution in [1.29, 1.82) is 0 Å². The zero-order valence-electron chi connectivity index (χ0n) is 20.9. The molecule has 0 atom stereocenters. The third kappa shape index (κ3) is 6.06. The smallest absolute Gasteiger partial charge is 0.433 e. The number of fused-ring (bicyclic) bond motifs is 1. The average molecular weight is 665 g/mol. The number of alkyl halides is 3. The van der Waals surface area contributed by atoms with Gasteiger partial charge in [-0.2, -0.15) is 18.3 Å². The van der Waals surface area contributed by atoms with E-state index in [1.54, 1.807) is 42.5 Å². The van der Waals surface area contributed by atoms with E-state index in [9.17, 15) is 22.8 Å². The molecule has 0 fully saturated rings. The summed E-state index contributed by atoms with van der Waals surface area (Å²) in [6.07, 6.45) is -3.25. The summed E-state index contributed by atoms with van der Waals surface area (Å²) in [4.78, 5) is 29.1. The van der Waals surface area contributed by atoms with Gasteiger partial charge in [0.15, 0.2) is 12.4 Å². The monoisotopic (exact) mass is 663 g/mol. The summed E-state index contributed by atoms with van der Waals surface area (Å²) in [7, 11) is 0. The Morgan fingerprint density at radius 2 is 1.88 bits per heavy atom. The lowest BCUT2D eigenvalue weighted by atomic mass is 10.00. The lowest BCUT2D eigenvalue weighted by Crippen LogP contribution is -2.18. The standard InChI is InChI=1S/C27H18BrClF3N5O3S/c1-13-2-4-14(5-3-13)16-11-20(27(30,31)32)34-26-21(16)22(23(41-26)24(33)38)35-25(39)18-8-9-37(36-18)12-40-19-7-6-15(28)10-17(19)29/h2-11H,12H2,1H3,(H2,33,38)(H,35,39). The number of aryl methyl sites for hydroxylation is 1. The minimum absolute atomic E-state index is 0.0398. The average Bonchev–Trinajstić information content (AvgIpc) is 3.53. The van der Waals surface area contributed by atoms with Crippen molar-refractivity contribution in [1.82, 2.24) is 14.8 Å². The molecule has 2 amide bonds. The molecular formula is C27H18BrClF3N5O3S. The first kappa shape index (κ1) is 28.6. The van der Waals surface area contributed by atoms with Crippen molar-refractivity contribution >= 4 is 66.6 Å². The van der Waals surface area contributed by atoms with Crippen LogP contribution >= 0.6 is 38.9 Å². The highest BCUT2D eigenvalue weighted by Crippen LogP contribution is 2.43. The van der Waals surface area contributed by atoms with Crippen LogP contribution in [0.3, 0.4) is 0 Å². The molecule has 41 heavy (non-hydrogen) atoms. The number of pyridine rings is 1. The molecule has 2 aromatic carbocycles. The Bertz CT molecular complexity index is 1800. The largest absolute Gasteiger partial charge is 0.470 e. The molecule has 0 bridgehead atoms. The van der Waals surface area contributed by atoms with Crippen molar-refractivity contribution in [3.8, 4) is 16.9 Å². The van der Waals surface area contributed by atoms with E-state index >= 15 is 0 Å². The van der Waals surface area contributed by atoms with Crippen LogP contribution in [-0.2, 0) is 12.9 Å². The highest BCUT2D eigenvalue weighted by molar-refractivity contribution is 9.10. The number of aromatic nitrogens is 3. The number of nitrogens with zero attached hydrogens (tertiary/aromatic N) is 3. The van der Waals surface area contributed by atoms with E-state index in [0.29, 0.717) is 27.7 Å². The number of benzene rings is 2. The van der Waals surface area contributed by atoms with E-state index in [2.05, 4.69) is 31.3 Å². The van der Waals surface area contributed by atoms with Crippen molar-refractivity contribution in [2.45, 2.75) is 19.8 Å². The minimum atomic E-state index is -4.75. The van der Waals surface area contributed by atoms with Crippen molar-refractivity contribution in [2.24, 2.45) is 5.73 Å². The molecule has 5 rings (SSSR count). The van der Waals surface area contributed by atoms with Crippen molar-refractivity contribution in [3.05, 3.63) is 92.1 Å². The van der Waals surface area contributed by atoms with Crippen LogP contribution in [0.15, 0.2) is 65.3 Å². The molecule has 0 unspecified atom stereocenters. The number of amides is 2. The zero-order chi connectivity index (χ0) is 29.5. The predicted octanol–water partition coefficient (Wildman–Crippen LogP) is 7.29. The third-order valence-corrected chi connectivity index (χ3v) is 7.78. The summed E-state index contributed by atoms with van der Waals surface area (Å²) < 4.78 is 49.0. The van der Waals surface area contributed by atoms with Gasteiger partial charge in [-0.25, -0.2) is 9.67 Å². The molecule has 3 aromatic heterocycles. The summed E-state index contributed by atoms with van der Waals surface area (Å²) >= 11 is 10.1. The number of hydrogen-bond acceptors (Lipinski definition) is 6. The van der Waals surface area contributed by atoms with Gasteiger partial charge < -0.3 is 15.8 Å². The Morgan fingerprint density at radius 3 is 2.54 bits per heavy atom. The highest BCUT2D eigenvalue weighted by Gasteiger charge is 2.35. The number of halogens is 5. The Balaban J connectivity index is 1.51. The Kier molecular flexibility index (Phi) is 7.77. The number of thiophene rings is 1. The van der Waals surface area contributed by atoms with Gasteiger partial charge in [-0.3, -0.25) is 9.59 Å². The van der Waals surface area contributed by atoms with E-state index in [1.807, 2.05) is 6.92 Å². The number of carbonyl (C=O) groups excluding carboxylic acids is 2. The van der Waals surface area contributed by atoms with Gasteiger partial charge in [-0.15, -0.1) is 11.3 Å². The van der Waals surface area contributed by atoms with E-state index in [-0.39, 0.29) is 38.8 Å². The summed E-state index contributed by atoms with van der Waals surface area (Å²) in [5, 5.41) is 7.34. The number of primary amides is 1. The topological polar surface area (TPSA) is 112 Å². The second-order valence-corrected chi connectivity index (χ2v) is 11.1. The van der Waals surface area contributed by atoms with Crippen LogP contribution < -0.4 is 15.8 Å². The molecule has 210 valence electrons. The van der Waals surface area contributed by atoms with E-state index < -0.39 is 23.7 Å². The molecule has 14 heteroatoms. The lowest BCUT2D eigenvalue weighted by molar-refractivity contribution is -0.140. The van der Waals surface area contributed by atoms with Crippen LogP contribution in [0.25, 0.3) is 21.3 Å². The van der Waals surface area contributed by atoms with Gasteiger partial charge in [0.2, 0.25) is 0 Å². The molecule has 3 heterocycles. The molecule has 5 aromatic rings. The van der Waals surface area contributed by atoms with Crippen molar-refractivity contribution < 1.29 is 27.5 Å². The number of carbonyl (C=O) groups is 2. The molecule has 0 saturated heterocycles. The molecule has 0 radical (unpaired) electrons. The second-order valence-electron chi connectivity index (χ2n) is 8.81. The van der Waals surface area contributed by atoms with Gasteiger partial charge in [0.1, 0.15) is 21.2 Å². The number of anilines is 1. The number of hydrogen-bond donors (Lipinski definition) is 2. The van der Waals surface area contributed by atoms with Gasteiger partial charge in [0, 0.05) is 16.1 Å². The van der Waals surface area contributed by atoms with E-state index in [4.69, 9.17) is 22.1 Å². The van der Waals surface area contributed by atoms with Crippen LogP contribution in [0.5, 0.6) is 5.75 Å². The Hall–Kier alpha value is -3.94. The first-order valence-electron chi connectivity index (χ1n) is 11.7. The maximum absolute atomic E-state index is 13.7. The van der Waals surface area contributed by atoms with Crippen LogP contribution in [-0.4, -0.2) is 26.6 Å². The molecule has 0 aliphatic carbocycles. The van der Waals surface area contributed by atoms with Crippen molar-refractivity contribution in [2.75, 3.05) is 5.32 Å². The van der Waals surface area contributed by atoms with Gasteiger partial charge in [0.05, 0.1) is 10.7 Å². The van der Waals surface area contributed by atoms with Crippen LogP contribution in [0.4, 0.5) is 18.9 Å². The predicted molar refractivity (Wildman–Crippen MR) is 153 cm³/mol. The molecule has 0 aliphatic rings. The lowest BCUT2D eigenvalue weighted by Gasteiger charge is -2.12. The number of ether oxygens (including phenoxy) is 1. The number of nitrogens with one attached hydrogen (secondary N) is 1. The number of nitrogens with two attached hydrogens (primary N) is 1. The first-order valence-corrected chi connectivity index (χ1v) is 13.7. The summed E-state index contributed by atoms with van der Waals surface area (Å²) in [6.45, 7) is 1.77. The third-order valence-electron chi connectivity index (χ3n) is 5.90. The Labute approximate surface area is 248 Å². The fraction of sp³-hybridized carbons (Fsp3) is 0.111. The van der Waals surface area contributed by atoms with Gasteiger partial charge in [0.25, 0.3) is 11.8 Å². The summed E-state index contributed by atoms with van der Waals surface area (Å²) in [6, 6.07) is 14.2. The zero-order valence-corrected chi connectivity index (χ0v) is 24.1. The van der Waals surface area contributed by atoms with Gasteiger partial charge in [-0.05, 0) is 48.4 Å². The summed E-state index contributed by atoms with van der Waals surface area (Å²) in [5.74, 6) is -1.25. The maximum atomic E-state index is 13.7. The fourth-order valence-corrected chi connectivity index (χ4v) is 5.69. The van der Waals surface area contributed by atoms with Crippen LogP contribution in [0.1, 0.15) is 31.4 Å². The SMILES string of the molecule is Cc1ccc(-c2cc(C(F)(F)F)nc3sc(C(N)=O)c(NC(=O)c4ccn(COc5ccc(Br)cc5Cl)n4)c23)cc1. The second kappa shape index (κ2) is 11.1. The normalized spacial score (nSPS) is 11.6. The first-order chi connectivity index (χ1) is 19.4. The van der Waals surface area contributed by atoms with Crippen molar-refractivity contribution in [3.63, 3.8) is 0 Å².